The molecule has 12 heteroatoms. The molecule has 3 aromatic heterocycles. The van der Waals surface area contributed by atoms with E-state index in [1.807, 2.05) is 0 Å². The van der Waals surface area contributed by atoms with E-state index in [9.17, 15) is 15.0 Å². The summed E-state index contributed by atoms with van der Waals surface area (Å²) in [6.07, 6.45) is -0.478. The van der Waals surface area contributed by atoms with Crippen LogP contribution < -0.4 is 15.4 Å². The van der Waals surface area contributed by atoms with Gasteiger partial charge in [-0.05, 0) is 6.07 Å². The molecule has 3 unspecified atom stereocenters. The number of aromatic nitrogens is 5. The molecule has 4 rings (SSSR count). The van der Waals surface area contributed by atoms with E-state index < -0.39 is 30.4 Å². The molecule has 1 aliphatic rings. The minimum Gasteiger partial charge on any atom is -0.495 e. The van der Waals surface area contributed by atoms with Crippen LogP contribution in [0.2, 0.25) is 0 Å². The summed E-state index contributed by atoms with van der Waals surface area (Å²) >= 11 is 0. The van der Waals surface area contributed by atoms with E-state index in [0.29, 0.717) is 34.1 Å². The zero-order valence-electron chi connectivity index (χ0n) is 16.5. The maximum Gasteiger partial charge on any atom is 0.251 e. The topological polar surface area (TPSA) is 157 Å². The van der Waals surface area contributed by atoms with Crippen LogP contribution in [0.1, 0.15) is 6.23 Å². The van der Waals surface area contributed by atoms with Crippen molar-refractivity contribution in [2.24, 2.45) is 0 Å². The van der Waals surface area contributed by atoms with E-state index in [1.165, 1.54) is 25.1 Å². The number of hydrogen-bond acceptors (Lipinski definition) is 10. The summed E-state index contributed by atoms with van der Waals surface area (Å²) in [6.45, 7) is 0. The summed E-state index contributed by atoms with van der Waals surface area (Å²) in [4.78, 5) is 29.5. The van der Waals surface area contributed by atoms with Crippen LogP contribution in [-0.2, 0) is 9.53 Å². The lowest BCUT2D eigenvalue weighted by atomic mass is 10.1. The monoisotopic (exact) mass is 415 g/mol. The Kier molecular flexibility index (Phi) is 5.20. The Morgan fingerprint density at radius 1 is 1.23 bits per heavy atom. The van der Waals surface area contributed by atoms with Gasteiger partial charge >= 0.3 is 0 Å². The van der Waals surface area contributed by atoms with Crippen molar-refractivity contribution in [3.8, 4) is 17.1 Å². The molecule has 0 saturated carbocycles. The number of pyridine rings is 1. The first-order valence-electron chi connectivity index (χ1n) is 9.13. The molecule has 4 heterocycles. The third kappa shape index (κ3) is 3.20. The molecule has 1 aliphatic heterocycles. The zero-order valence-corrected chi connectivity index (χ0v) is 16.5. The fourth-order valence-electron chi connectivity index (χ4n) is 3.31. The van der Waals surface area contributed by atoms with Gasteiger partial charge in [0.1, 0.15) is 18.0 Å². The summed E-state index contributed by atoms with van der Waals surface area (Å²) < 4.78 is 12.3. The van der Waals surface area contributed by atoms with Crippen LogP contribution in [0.4, 0.5) is 5.82 Å². The van der Waals surface area contributed by atoms with Gasteiger partial charge in [0.25, 0.3) is 5.91 Å². The summed E-state index contributed by atoms with van der Waals surface area (Å²) in [5, 5.41) is 26.1. The Balaban J connectivity index is 1.81. The van der Waals surface area contributed by atoms with Crippen LogP contribution >= 0.6 is 0 Å². The Morgan fingerprint density at radius 3 is 2.73 bits per heavy atom. The molecule has 12 nitrogen and oxygen atoms in total. The summed E-state index contributed by atoms with van der Waals surface area (Å²) in [5.41, 5.74) is 1.39. The van der Waals surface area contributed by atoms with E-state index >= 15 is 0 Å². The number of rotatable bonds is 5. The molecule has 0 aromatic carbocycles. The summed E-state index contributed by atoms with van der Waals surface area (Å²) in [6, 6.07) is 1.74. The van der Waals surface area contributed by atoms with Gasteiger partial charge in [0, 0.05) is 25.9 Å². The second-order valence-electron chi connectivity index (χ2n) is 6.63. The standard InChI is InChI=1S/C18H21N7O5/c1-19-15-10-16(24-14(23-15)8-4-9(29-3)6-21-5-8)25(7-22-10)18-12(27)11(26)13(30-18)17(28)20-2/h4-7,11-13,18,26-27H,1-3H3,(H,20,28)(H,19,23,24)/t11?,12?,13-,18?/m1/s1. The van der Waals surface area contributed by atoms with Crippen molar-refractivity contribution in [3.05, 3.63) is 24.8 Å². The Morgan fingerprint density at radius 2 is 2.03 bits per heavy atom. The number of likely N-dealkylation sites (N-methyl/N-ethyl adjacent to an activating group) is 1. The number of aliphatic hydroxyl groups is 2. The number of ether oxygens (including phenoxy) is 2. The molecule has 3 aromatic rings. The highest BCUT2D eigenvalue weighted by Gasteiger charge is 2.47. The van der Waals surface area contributed by atoms with Crippen LogP contribution in [0, 0.1) is 0 Å². The number of aliphatic hydroxyl groups excluding tert-OH is 2. The van der Waals surface area contributed by atoms with Crippen molar-refractivity contribution in [1.82, 2.24) is 29.8 Å². The first kappa shape index (κ1) is 19.9. The highest BCUT2D eigenvalue weighted by atomic mass is 16.6. The van der Waals surface area contributed by atoms with Crippen LogP contribution in [0.3, 0.4) is 0 Å². The van der Waals surface area contributed by atoms with Crippen molar-refractivity contribution in [3.63, 3.8) is 0 Å². The van der Waals surface area contributed by atoms with Gasteiger partial charge in [0.05, 0.1) is 19.6 Å². The molecule has 1 saturated heterocycles. The lowest BCUT2D eigenvalue weighted by Gasteiger charge is -2.17. The van der Waals surface area contributed by atoms with Crippen LogP contribution in [0.5, 0.6) is 5.75 Å². The van der Waals surface area contributed by atoms with E-state index in [-0.39, 0.29) is 0 Å². The Hall–Kier alpha value is -3.35. The molecule has 1 amide bonds. The highest BCUT2D eigenvalue weighted by molar-refractivity contribution is 5.85. The number of imidazole rings is 1. The number of amides is 1. The molecule has 0 aliphatic carbocycles. The molecule has 30 heavy (non-hydrogen) atoms. The van der Waals surface area contributed by atoms with Crippen molar-refractivity contribution < 1.29 is 24.5 Å². The number of carbonyl (C=O) groups is 1. The molecule has 1 fully saturated rings. The lowest BCUT2D eigenvalue weighted by Crippen LogP contribution is -2.41. The second-order valence-corrected chi connectivity index (χ2v) is 6.63. The van der Waals surface area contributed by atoms with Crippen LogP contribution in [0.15, 0.2) is 24.8 Å². The Bertz CT molecular complexity index is 1090. The second kappa shape index (κ2) is 7.82. The van der Waals surface area contributed by atoms with Crippen molar-refractivity contribution in [2.75, 3.05) is 26.5 Å². The first-order valence-corrected chi connectivity index (χ1v) is 9.13. The number of carbonyl (C=O) groups excluding carboxylic acids is 1. The van der Waals surface area contributed by atoms with Crippen LogP contribution in [-0.4, -0.2) is 80.1 Å². The maximum absolute atomic E-state index is 12.0. The normalized spacial score (nSPS) is 23.5. The largest absolute Gasteiger partial charge is 0.495 e. The number of fused-ring (bicyclic) bond motifs is 1. The molecular weight excluding hydrogens is 394 g/mol. The molecule has 4 atom stereocenters. The molecule has 0 radical (unpaired) electrons. The predicted octanol–water partition coefficient (Wildman–Crippen LogP) is -0.696. The smallest absolute Gasteiger partial charge is 0.251 e. The minimum absolute atomic E-state index is 0.343. The van der Waals surface area contributed by atoms with Gasteiger partial charge in [0.15, 0.2) is 35.1 Å². The van der Waals surface area contributed by atoms with Gasteiger partial charge in [-0.1, -0.05) is 0 Å². The van der Waals surface area contributed by atoms with Gasteiger partial charge in [-0.2, -0.15) is 0 Å². The number of methoxy groups -OCH3 is 1. The third-order valence-electron chi connectivity index (χ3n) is 4.88. The van der Waals surface area contributed by atoms with Gasteiger partial charge in [-0.25, -0.2) is 15.0 Å². The van der Waals surface area contributed by atoms with Crippen LogP contribution in [0.25, 0.3) is 22.6 Å². The van der Waals surface area contributed by atoms with Gasteiger partial charge < -0.3 is 30.3 Å². The number of nitrogens with zero attached hydrogens (tertiary/aromatic N) is 5. The lowest BCUT2D eigenvalue weighted by molar-refractivity contribution is -0.137. The van der Waals surface area contributed by atoms with E-state index in [0.717, 1.165) is 0 Å². The van der Waals surface area contributed by atoms with E-state index in [2.05, 4.69) is 30.6 Å². The number of hydrogen-bond donors (Lipinski definition) is 4. The van der Waals surface area contributed by atoms with E-state index in [4.69, 9.17) is 9.47 Å². The van der Waals surface area contributed by atoms with E-state index in [1.54, 1.807) is 25.5 Å². The first-order chi connectivity index (χ1) is 14.5. The van der Waals surface area contributed by atoms with Crippen molar-refractivity contribution in [1.29, 1.82) is 0 Å². The molecule has 4 N–H and O–H groups in total. The quantitative estimate of drug-likeness (QED) is 0.420. The van der Waals surface area contributed by atoms with Crippen molar-refractivity contribution >= 4 is 22.9 Å². The predicted molar refractivity (Wildman–Crippen MR) is 105 cm³/mol. The average molecular weight is 415 g/mol. The fraction of sp³-hybridized carbons (Fsp3) is 0.389. The molecule has 0 spiro atoms. The molecule has 0 bridgehead atoms. The summed E-state index contributed by atoms with van der Waals surface area (Å²) in [5.74, 6) is 0.798. The van der Waals surface area contributed by atoms with Gasteiger partial charge in [-0.3, -0.25) is 14.3 Å². The minimum atomic E-state index is -1.40. The zero-order chi connectivity index (χ0) is 21.4. The SMILES string of the molecule is CNC(=O)[C@@H]1OC(n2cnc3c(NC)nc(-c4cncc(OC)c4)nc32)C(O)C1O. The molecule has 158 valence electrons. The maximum atomic E-state index is 12.0. The summed E-state index contributed by atoms with van der Waals surface area (Å²) in [7, 11) is 4.65. The fourth-order valence-corrected chi connectivity index (χ4v) is 3.31. The third-order valence-corrected chi connectivity index (χ3v) is 4.88. The van der Waals surface area contributed by atoms with Crippen molar-refractivity contribution in [2.45, 2.75) is 24.5 Å². The molecular formula is C18H21N7O5. The Labute approximate surface area is 170 Å². The average Bonchev–Trinajstić information content (AvgIpc) is 3.33. The number of nitrogens with one attached hydrogen (secondary N) is 2. The highest BCUT2D eigenvalue weighted by Crippen LogP contribution is 2.33. The number of anilines is 1. The van der Waals surface area contributed by atoms with Gasteiger partial charge in [0.2, 0.25) is 0 Å². The van der Waals surface area contributed by atoms with Gasteiger partial charge in [-0.15, -0.1) is 0 Å².